The van der Waals surface area contributed by atoms with Crippen molar-refractivity contribution < 1.29 is 4.42 Å². The smallest absolute Gasteiger partial charge is 0.247 e. The first-order valence-electron chi connectivity index (χ1n) is 6.75. The van der Waals surface area contributed by atoms with Crippen LogP contribution in [-0.2, 0) is 6.42 Å². The second-order valence-corrected chi connectivity index (χ2v) is 4.90. The molecule has 0 saturated carbocycles. The van der Waals surface area contributed by atoms with Gasteiger partial charge in [-0.25, -0.2) is 0 Å². The van der Waals surface area contributed by atoms with Crippen LogP contribution in [-0.4, -0.2) is 10.2 Å². The van der Waals surface area contributed by atoms with Gasteiger partial charge in [-0.05, 0) is 24.1 Å². The van der Waals surface area contributed by atoms with E-state index in [1.54, 1.807) is 0 Å². The highest BCUT2D eigenvalue weighted by Crippen LogP contribution is 2.23. The highest BCUT2D eigenvalue weighted by atomic mass is 16.4. The lowest BCUT2D eigenvalue weighted by Gasteiger charge is -2.06. The summed E-state index contributed by atoms with van der Waals surface area (Å²) in [6.45, 7) is 2.11. The molecule has 0 saturated heterocycles. The zero-order chi connectivity index (χ0) is 13.8. The third kappa shape index (κ3) is 2.77. The second-order valence-electron chi connectivity index (χ2n) is 4.90. The van der Waals surface area contributed by atoms with Crippen molar-refractivity contribution in [2.45, 2.75) is 19.3 Å². The van der Waals surface area contributed by atoms with Crippen molar-refractivity contribution in [3.8, 4) is 11.5 Å². The summed E-state index contributed by atoms with van der Waals surface area (Å²) in [4.78, 5) is 0. The van der Waals surface area contributed by atoms with E-state index in [2.05, 4.69) is 29.3 Å². The van der Waals surface area contributed by atoms with Crippen molar-refractivity contribution in [2.24, 2.45) is 0 Å². The van der Waals surface area contributed by atoms with Gasteiger partial charge < -0.3 is 4.42 Å². The predicted molar refractivity (Wildman–Crippen MR) is 78.3 cm³/mol. The van der Waals surface area contributed by atoms with Gasteiger partial charge in [-0.15, -0.1) is 10.2 Å². The van der Waals surface area contributed by atoms with Gasteiger partial charge in [0.1, 0.15) is 0 Å². The number of hydrogen-bond donors (Lipinski definition) is 0. The molecule has 0 spiro atoms. The Bertz CT molecular complexity index is 662. The fourth-order valence-corrected chi connectivity index (χ4v) is 2.19. The summed E-state index contributed by atoms with van der Waals surface area (Å²) < 4.78 is 5.78. The van der Waals surface area contributed by atoms with Crippen LogP contribution in [0.15, 0.2) is 65.1 Å². The monoisotopic (exact) mass is 264 g/mol. The van der Waals surface area contributed by atoms with Crippen LogP contribution in [0.5, 0.6) is 0 Å². The molecule has 3 aromatic rings. The number of rotatable bonds is 4. The molecular weight excluding hydrogens is 248 g/mol. The fourth-order valence-electron chi connectivity index (χ4n) is 2.19. The lowest BCUT2D eigenvalue weighted by Crippen LogP contribution is -1.98. The number of hydrogen-bond acceptors (Lipinski definition) is 3. The van der Waals surface area contributed by atoms with E-state index in [4.69, 9.17) is 4.42 Å². The highest BCUT2D eigenvalue weighted by Gasteiger charge is 2.15. The van der Waals surface area contributed by atoms with Crippen molar-refractivity contribution in [3.63, 3.8) is 0 Å². The van der Waals surface area contributed by atoms with Gasteiger partial charge in [0.05, 0.1) is 0 Å². The van der Waals surface area contributed by atoms with Crippen molar-refractivity contribution in [1.82, 2.24) is 10.2 Å². The molecule has 20 heavy (non-hydrogen) atoms. The third-order valence-electron chi connectivity index (χ3n) is 3.27. The van der Waals surface area contributed by atoms with Gasteiger partial charge in [0, 0.05) is 11.5 Å². The van der Waals surface area contributed by atoms with Crippen LogP contribution in [0, 0.1) is 0 Å². The van der Waals surface area contributed by atoms with E-state index in [1.165, 1.54) is 5.56 Å². The molecule has 1 atom stereocenters. The summed E-state index contributed by atoms with van der Waals surface area (Å²) in [5.41, 5.74) is 2.23. The first-order valence-corrected chi connectivity index (χ1v) is 6.75. The molecule has 3 nitrogen and oxygen atoms in total. The topological polar surface area (TPSA) is 38.9 Å². The molecule has 1 heterocycles. The Morgan fingerprint density at radius 1 is 0.900 bits per heavy atom. The van der Waals surface area contributed by atoms with Crippen LogP contribution in [0.2, 0.25) is 0 Å². The lowest BCUT2D eigenvalue weighted by molar-refractivity contribution is 0.466. The third-order valence-corrected chi connectivity index (χ3v) is 3.27. The zero-order valence-corrected chi connectivity index (χ0v) is 11.4. The van der Waals surface area contributed by atoms with Crippen molar-refractivity contribution in [1.29, 1.82) is 0 Å². The Balaban J connectivity index is 1.77. The normalized spacial score (nSPS) is 12.2. The molecule has 0 N–H and O–H groups in total. The van der Waals surface area contributed by atoms with Crippen LogP contribution in [0.25, 0.3) is 11.5 Å². The molecule has 0 radical (unpaired) electrons. The fraction of sp³-hybridized carbons (Fsp3) is 0.176. The van der Waals surface area contributed by atoms with Gasteiger partial charge in [-0.3, -0.25) is 0 Å². The van der Waals surface area contributed by atoms with Crippen molar-refractivity contribution in [2.75, 3.05) is 0 Å². The number of aromatic nitrogens is 2. The van der Waals surface area contributed by atoms with E-state index in [-0.39, 0.29) is 5.92 Å². The molecule has 0 aliphatic heterocycles. The minimum Gasteiger partial charge on any atom is -0.420 e. The van der Waals surface area contributed by atoms with Crippen LogP contribution < -0.4 is 0 Å². The van der Waals surface area contributed by atoms with Gasteiger partial charge in [-0.2, -0.15) is 0 Å². The number of benzene rings is 2. The number of nitrogens with zero attached hydrogens (tertiary/aromatic N) is 2. The maximum atomic E-state index is 5.78. The first-order chi connectivity index (χ1) is 9.83. The lowest BCUT2D eigenvalue weighted by atomic mass is 10.0. The zero-order valence-electron chi connectivity index (χ0n) is 11.4. The molecule has 2 aromatic carbocycles. The summed E-state index contributed by atoms with van der Waals surface area (Å²) in [6, 6.07) is 20.2. The largest absolute Gasteiger partial charge is 0.420 e. The van der Waals surface area contributed by atoms with Crippen LogP contribution >= 0.6 is 0 Å². The molecule has 0 bridgehead atoms. The summed E-state index contributed by atoms with van der Waals surface area (Å²) >= 11 is 0. The average Bonchev–Trinajstić information content (AvgIpc) is 2.99. The van der Waals surface area contributed by atoms with E-state index >= 15 is 0 Å². The van der Waals surface area contributed by atoms with Gasteiger partial charge >= 0.3 is 0 Å². The van der Waals surface area contributed by atoms with Crippen molar-refractivity contribution >= 4 is 0 Å². The molecule has 0 aliphatic carbocycles. The quantitative estimate of drug-likeness (QED) is 0.712. The molecule has 0 unspecified atom stereocenters. The Morgan fingerprint density at radius 2 is 1.55 bits per heavy atom. The average molecular weight is 264 g/mol. The molecule has 3 heteroatoms. The maximum Gasteiger partial charge on any atom is 0.247 e. The molecule has 0 fully saturated rings. The highest BCUT2D eigenvalue weighted by molar-refractivity contribution is 5.51. The Kier molecular flexibility index (Phi) is 3.59. The summed E-state index contributed by atoms with van der Waals surface area (Å²) in [7, 11) is 0. The minimum absolute atomic E-state index is 0.211. The Morgan fingerprint density at radius 3 is 2.25 bits per heavy atom. The summed E-state index contributed by atoms with van der Waals surface area (Å²) in [5, 5.41) is 8.30. The van der Waals surface area contributed by atoms with E-state index in [0.29, 0.717) is 11.8 Å². The molecule has 1 aromatic heterocycles. The van der Waals surface area contributed by atoms with Gasteiger partial charge in [0.2, 0.25) is 11.8 Å². The summed E-state index contributed by atoms with van der Waals surface area (Å²) in [5.74, 6) is 1.48. The molecule has 100 valence electrons. The van der Waals surface area contributed by atoms with Crippen molar-refractivity contribution in [3.05, 3.63) is 72.1 Å². The van der Waals surface area contributed by atoms with Gasteiger partial charge in [-0.1, -0.05) is 55.5 Å². The van der Waals surface area contributed by atoms with E-state index < -0.39 is 0 Å². The van der Waals surface area contributed by atoms with Crippen LogP contribution in [0.3, 0.4) is 0 Å². The minimum atomic E-state index is 0.211. The second kappa shape index (κ2) is 5.70. The van der Waals surface area contributed by atoms with E-state index in [1.807, 2.05) is 48.5 Å². The van der Waals surface area contributed by atoms with E-state index in [9.17, 15) is 0 Å². The van der Waals surface area contributed by atoms with Crippen LogP contribution in [0.1, 0.15) is 24.3 Å². The Hall–Kier alpha value is -2.42. The Labute approximate surface area is 118 Å². The van der Waals surface area contributed by atoms with E-state index in [0.717, 1.165) is 12.0 Å². The SMILES string of the molecule is C[C@@H](Cc1ccccc1)c1nnc(-c2ccccc2)o1. The molecule has 0 amide bonds. The van der Waals surface area contributed by atoms with Crippen LogP contribution in [0.4, 0.5) is 0 Å². The molecule has 3 rings (SSSR count). The molecular formula is C17H16N2O. The standard InChI is InChI=1S/C17H16N2O/c1-13(12-14-8-4-2-5-9-14)16-18-19-17(20-16)15-10-6-3-7-11-15/h2-11,13H,12H2,1H3/t13-/m0/s1. The molecule has 0 aliphatic rings. The van der Waals surface area contributed by atoms with Gasteiger partial charge in [0.25, 0.3) is 0 Å². The van der Waals surface area contributed by atoms with Gasteiger partial charge in [0.15, 0.2) is 0 Å². The maximum absolute atomic E-state index is 5.78. The predicted octanol–water partition coefficient (Wildman–Crippen LogP) is 4.08. The first kappa shape index (κ1) is 12.6. The summed E-state index contributed by atoms with van der Waals surface area (Å²) in [6.07, 6.45) is 0.900.